The highest BCUT2D eigenvalue weighted by Gasteiger charge is 2.29. The fourth-order valence-corrected chi connectivity index (χ4v) is 2.13. The van der Waals surface area contributed by atoms with Crippen molar-refractivity contribution < 1.29 is 13.2 Å². The van der Waals surface area contributed by atoms with E-state index in [4.69, 9.17) is 0 Å². The first-order valence-corrected chi connectivity index (χ1v) is 6.63. The van der Waals surface area contributed by atoms with Crippen molar-refractivity contribution >= 4 is 21.6 Å². The number of aromatic nitrogens is 2. The molecule has 0 saturated heterocycles. The van der Waals surface area contributed by atoms with Crippen LogP contribution in [0.4, 0.5) is 18.9 Å². The van der Waals surface area contributed by atoms with Crippen LogP contribution in [0.25, 0.3) is 0 Å². The van der Waals surface area contributed by atoms with Crippen molar-refractivity contribution in [3.63, 3.8) is 0 Å². The van der Waals surface area contributed by atoms with Gasteiger partial charge in [0.05, 0.1) is 11.9 Å². The molecule has 1 unspecified atom stereocenters. The zero-order valence-electron chi connectivity index (χ0n) is 11.3. The molecule has 0 fully saturated rings. The molecule has 9 heteroatoms. The Hall–Kier alpha value is -1.09. The summed E-state index contributed by atoms with van der Waals surface area (Å²) < 4.78 is 37.2. The fraction of sp³-hybridized carbons (Fsp3) is 0.636. The van der Waals surface area contributed by atoms with E-state index in [1.807, 2.05) is 25.9 Å². The van der Waals surface area contributed by atoms with Crippen molar-refractivity contribution in [3.05, 3.63) is 21.0 Å². The lowest BCUT2D eigenvalue weighted by Gasteiger charge is -2.20. The van der Waals surface area contributed by atoms with E-state index >= 15 is 0 Å². The summed E-state index contributed by atoms with van der Waals surface area (Å²) in [5.41, 5.74) is -0.438. The average molecular weight is 357 g/mol. The molecule has 1 N–H and O–H groups in total. The van der Waals surface area contributed by atoms with E-state index in [1.165, 1.54) is 6.20 Å². The van der Waals surface area contributed by atoms with Crippen LogP contribution in [0.3, 0.4) is 0 Å². The molecule has 0 radical (unpaired) electrons. The van der Waals surface area contributed by atoms with Crippen LogP contribution >= 0.6 is 15.9 Å². The van der Waals surface area contributed by atoms with Crippen LogP contribution in [0.1, 0.15) is 6.92 Å². The van der Waals surface area contributed by atoms with Gasteiger partial charge in [-0.25, -0.2) is 4.68 Å². The number of alkyl halides is 3. The fourth-order valence-electron chi connectivity index (χ4n) is 1.71. The highest BCUT2D eigenvalue weighted by atomic mass is 79.9. The molecule has 0 aliphatic rings. The molecule has 1 rings (SSSR count). The van der Waals surface area contributed by atoms with E-state index in [9.17, 15) is 18.0 Å². The predicted molar refractivity (Wildman–Crippen MR) is 73.9 cm³/mol. The van der Waals surface area contributed by atoms with Crippen LogP contribution in [0.5, 0.6) is 0 Å². The van der Waals surface area contributed by atoms with Crippen molar-refractivity contribution in [1.82, 2.24) is 14.7 Å². The molecule has 5 nitrogen and oxygen atoms in total. The summed E-state index contributed by atoms with van der Waals surface area (Å²) in [7, 11) is 3.79. The number of likely N-dealkylation sites (N-methyl/N-ethyl adjacent to an activating group) is 1. The van der Waals surface area contributed by atoms with Gasteiger partial charge in [-0.1, -0.05) is 0 Å². The molecular formula is C11H16BrF3N4O. The molecule has 1 aromatic heterocycles. The lowest BCUT2D eigenvalue weighted by Crippen LogP contribution is -2.33. The van der Waals surface area contributed by atoms with Crippen LogP contribution in [0.15, 0.2) is 15.5 Å². The maximum atomic E-state index is 12.3. The number of nitrogens with zero attached hydrogens (tertiary/aromatic N) is 3. The smallest absolute Gasteiger partial charge is 0.379 e. The number of rotatable bonds is 5. The Bertz CT molecular complexity index is 515. The molecule has 0 aromatic carbocycles. The lowest BCUT2D eigenvalue weighted by atomic mass is 10.3. The standard InChI is InChI=1S/C11H16BrF3N4O/c1-7(5-18(2)3)17-8-4-16-19(6-11(13,14)15)10(20)9(8)12/h4,7,17H,5-6H2,1-3H3. The number of nitrogens with one attached hydrogen (secondary N) is 1. The molecule has 20 heavy (non-hydrogen) atoms. The Morgan fingerprint density at radius 1 is 1.50 bits per heavy atom. The minimum Gasteiger partial charge on any atom is -0.379 e. The van der Waals surface area contributed by atoms with Gasteiger partial charge in [0, 0.05) is 12.6 Å². The molecule has 1 aromatic rings. The predicted octanol–water partition coefficient (Wildman–Crippen LogP) is 1.93. The molecule has 114 valence electrons. The van der Waals surface area contributed by atoms with Gasteiger partial charge in [0.25, 0.3) is 5.56 Å². The third-order valence-electron chi connectivity index (χ3n) is 2.35. The second-order valence-electron chi connectivity index (χ2n) is 4.76. The van der Waals surface area contributed by atoms with Gasteiger partial charge in [0.15, 0.2) is 0 Å². The van der Waals surface area contributed by atoms with Crippen LogP contribution in [-0.2, 0) is 6.54 Å². The lowest BCUT2D eigenvalue weighted by molar-refractivity contribution is -0.143. The Balaban J connectivity index is 2.92. The first-order chi connectivity index (χ1) is 9.10. The maximum absolute atomic E-state index is 12.3. The zero-order chi connectivity index (χ0) is 15.5. The SMILES string of the molecule is CC(CN(C)C)Nc1cnn(CC(F)(F)F)c(=O)c1Br. The maximum Gasteiger partial charge on any atom is 0.408 e. The van der Waals surface area contributed by atoms with Crippen molar-refractivity contribution in [3.8, 4) is 0 Å². The molecule has 0 amide bonds. The minimum atomic E-state index is -4.48. The topological polar surface area (TPSA) is 50.2 Å². The summed E-state index contributed by atoms with van der Waals surface area (Å²) in [6.07, 6.45) is -3.27. The molecule has 0 aliphatic carbocycles. The summed E-state index contributed by atoms with van der Waals surface area (Å²) in [6.45, 7) is 1.20. The average Bonchev–Trinajstić information content (AvgIpc) is 2.26. The van der Waals surface area contributed by atoms with E-state index in [1.54, 1.807) is 0 Å². The first-order valence-electron chi connectivity index (χ1n) is 5.84. The van der Waals surface area contributed by atoms with Gasteiger partial charge in [0.1, 0.15) is 11.0 Å². The van der Waals surface area contributed by atoms with Crippen molar-refractivity contribution in [1.29, 1.82) is 0 Å². The molecular weight excluding hydrogens is 341 g/mol. The molecule has 1 heterocycles. The van der Waals surface area contributed by atoms with E-state index in [-0.39, 0.29) is 10.5 Å². The second kappa shape index (κ2) is 6.57. The van der Waals surface area contributed by atoms with Gasteiger partial charge >= 0.3 is 6.18 Å². The normalized spacial score (nSPS) is 13.6. The minimum absolute atomic E-state index is 0.0148. The van der Waals surface area contributed by atoms with E-state index < -0.39 is 18.3 Å². The van der Waals surface area contributed by atoms with Gasteiger partial charge in [-0.3, -0.25) is 4.79 Å². The Labute approximate surface area is 122 Å². The second-order valence-corrected chi connectivity index (χ2v) is 5.55. The van der Waals surface area contributed by atoms with Gasteiger partial charge in [-0.15, -0.1) is 0 Å². The first kappa shape index (κ1) is 17.0. The van der Waals surface area contributed by atoms with E-state index in [0.717, 1.165) is 0 Å². The zero-order valence-corrected chi connectivity index (χ0v) is 12.9. The number of halogens is 4. The van der Waals surface area contributed by atoms with E-state index in [2.05, 4.69) is 26.3 Å². The van der Waals surface area contributed by atoms with Crippen molar-refractivity contribution in [2.75, 3.05) is 26.0 Å². The molecule has 0 saturated carbocycles. The monoisotopic (exact) mass is 356 g/mol. The Morgan fingerprint density at radius 2 is 2.10 bits per heavy atom. The molecule has 0 aliphatic heterocycles. The highest BCUT2D eigenvalue weighted by Crippen LogP contribution is 2.20. The van der Waals surface area contributed by atoms with Crippen LogP contribution < -0.4 is 10.9 Å². The quantitative estimate of drug-likeness (QED) is 0.875. The highest BCUT2D eigenvalue weighted by molar-refractivity contribution is 9.10. The number of hydrogen-bond donors (Lipinski definition) is 1. The van der Waals surface area contributed by atoms with Crippen LogP contribution in [-0.4, -0.2) is 47.5 Å². The van der Waals surface area contributed by atoms with Crippen molar-refractivity contribution in [2.24, 2.45) is 0 Å². The molecule has 0 bridgehead atoms. The summed E-state index contributed by atoms with van der Waals surface area (Å²) >= 11 is 3.02. The van der Waals surface area contributed by atoms with Crippen molar-refractivity contribution in [2.45, 2.75) is 25.7 Å². The molecule has 1 atom stereocenters. The third-order valence-corrected chi connectivity index (χ3v) is 3.12. The number of hydrogen-bond acceptors (Lipinski definition) is 4. The third kappa shape index (κ3) is 5.12. The summed E-state index contributed by atoms with van der Waals surface area (Å²) in [5, 5.41) is 6.56. The van der Waals surface area contributed by atoms with Gasteiger partial charge < -0.3 is 10.2 Å². The largest absolute Gasteiger partial charge is 0.408 e. The van der Waals surface area contributed by atoms with Crippen LogP contribution in [0.2, 0.25) is 0 Å². The van der Waals surface area contributed by atoms with E-state index in [0.29, 0.717) is 16.9 Å². The summed E-state index contributed by atoms with van der Waals surface area (Å²) in [5.74, 6) is 0. The molecule has 0 spiro atoms. The summed E-state index contributed by atoms with van der Waals surface area (Å²) in [6, 6.07) is 0.0148. The Kier molecular flexibility index (Phi) is 5.58. The van der Waals surface area contributed by atoms with Gasteiger partial charge in [-0.05, 0) is 36.9 Å². The van der Waals surface area contributed by atoms with Gasteiger partial charge in [-0.2, -0.15) is 18.3 Å². The van der Waals surface area contributed by atoms with Gasteiger partial charge in [0.2, 0.25) is 0 Å². The summed E-state index contributed by atoms with van der Waals surface area (Å²) in [4.78, 5) is 13.7. The number of anilines is 1. The van der Waals surface area contributed by atoms with Crippen LogP contribution in [0, 0.1) is 0 Å². The Morgan fingerprint density at radius 3 is 2.60 bits per heavy atom.